The molecular weight excluding hydrogens is 503 g/mol. The van der Waals surface area contributed by atoms with E-state index in [1.54, 1.807) is 56.8 Å². The van der Waals surface area contributed by atoms with Crippen LogP contribution >= 0.6 is 0 Å². The van der Waals surface area contributed by atoms with E-state index in [1.165, 1.54) is 13.4 Å². The molecule has 0 unspecified atom stereocenters. The number of rotatable bonds is 9. The zero-order valence-corrected chi connectivity index (χ0v) is 21.8. The van der Waals surface area contributed by atoms with Crippen LogP contribution in [-0.2, 0) is 26.4 Å². The first-order valence-corrected chi connectivity index (χ1v) is 11.7. The van der Waals surface area contributed by atoms with E-state index in [9.17, 15) is 27.9 Å². The van der Waals surface area contributed by atoms with Crippen LogP contribution in [-0.4, -0.2) is 33.5 Å². The largest absolute Gasteiger partial charge is 0.506 e. The predicted octanol–water partition coefficient (Wildman–Crippen LogP) is 5.28. The molecule has 0 spiro atoms. The molecule has 38 heavy (non-hydrogen) atoms. The van der Waals surface area contributed by atoms with Crippen molar-refractivity contribution >= 4 is 11.7 Å². The zero-order chi connectivity index (χ0) is 28.3. The minimum Gasteiger partial charge on any atom is -0.506 e. The summed E-state index contributed by atoms with van der Waals surface area (Å²) in [4.78, 5) is 28.7. The Morgan fingerprint density at radius 1 is 1.11 bits per heavy atom. The van der Waals surface area contributed by atoms with Gasteiger partial charge in [-0.2, -0.15) is 13.2 Å². The highest BCUT2D eigenvalue weighted by Gasteiger charge is 2.40. The minimum absolute atomic E-state index is 0.0378. The Hall–Kier alpha value is -4.02. The fraction of sp³-hybridized carbons (Fsp3) is 0.370. The maximum atomic E-state index is 13.9. The number of ketones is 1. The molecule has 0 bridgehead atoms. The third-order valence-corrected chi connectivity index (χ3v) is 5.54. The number of phenolic OH excluding ortho intramolecular Hbond substituents is 1. The van der Waals surface area contributed by atoms with Gasteiger partial charge in [0.1, 0.15) is 35.1 Å². The highest BCUT2D eigenvalue weighted by Crippen LogP contribution is 2.45. The summed E-state index contributed by atoms with van der Waals surface area (Å²) >= 11 is 0. The van der Waals surface area contributed by atoms with Crippen LogP contribution in [0.1, 0.15) is 64.7 Å². The van der Waals surface area contributed by atoms with Gasteiger partial charge in [-0.3, -0.25) is 9.59 Å². The zero-order valence-electron chi connectivity index (χ0n) is 21.8. The Balaban J connectivity index is 1.78. The number of hydrogen-bond acceptors (Lipinski definition) is 6. The van der Waals surface area contributed by atoms with Crippen molar-refractivity contribution in [2.24, 2.45) is 12.5 Å². The number of methoxy groups -OCH3 is 1. The second-order valence-electron chi connectivity index (χ2n) is 10.0. The molecule has 1 heterocycles. The number of aryl methyl sites for hydroxylation is 1. The molecule has 8 nitrogen and oxygen atoms in total. The summed E-state index contributed by atoms with van der Waals surface area (Å²) in [5.74, 6) is -2.39. The summed E-state index contributed by atoms with van der Waals surface area (Å²) in [5, 5.41) is 13.1. The van der Waals surface area contributed by atoms with Gasteiger partial charge in [-0.1, -0.05) is 32.9 Å². The summed E-state index contributed by atoms with van der Waals surface area (Å²) in [7, 11) is 3.15. The Morgan fingerprint density at radius 3 is 2.39 bits per heavy atom. The third-order valence-electron chi connectivity index (χ3n) is 5.54. The van der Waals surface area contributed by atoms with E-state index >= 15 is 0 Å². The molecule has 0 radical (unpaired) electrons. The van der Waals surface area contributed by atoms with Crippen molar-refractivity contribution in [1.82, 2.24) is 14.9 Å². The molecule has 1 amide bonds. The number of carbonyl (C=O) groups is 2. The van der Waals surface area contributed by atoms with E-state index in [0.29, 0.717) is 16.9 Å². The monoisotopic (exact) mass is 533 g/mol. The van der Waals surface area contributed by atoms with Gasteiger partial charge in [-0.15, -0.1) is 0 Å². The number of nitrogens with zero attached hydrogens (tertiary/aromatic N) is 2. The second kappa shape index (κ2) is 11.2. The molecule has 3 rings (SSSR count). The lowest BCUT2D eigenvalue weighted by Crippen LogP contribution is -2.23. The van der Waals surface area contributed by atoms with Gasteiger partial charge in [0.25, 0.3) is 5.91 Å². The lowest BCUT2D eigenvalue weighted by molar-refractivity contribution is -0.140. The fourth-order valence-electron chi connectivity index (χ4n) is 3.75. The van der Waals surface area contributed by atoms with Crippen molar-refractivity contribution in [3.8, 4) is 17.2 Å². The highest BCUT2D eigenvalue weighted by molar-refractivity contribution is 5.99. The van der Waals surface area contributed by atoms with E-state index in [2.05, 4.69) is 10.3 Å². The Kier molecular flexibility index (Phi) is 8.38. The lowest BCUT2D eigenvalue weighted by Gasteiger charge is -2.20. The number of Topliss-reactive ketones (excluding diaryl/α,β-unsaturated/α-hetero) is 1. The molecule has 0 aliphatic carbocycles. The van der Waals surface area contributed by atoms with Gasteiger partial charge in [0, 0.05) is 31.8 Å². The van der Waals surface area contributed by atoms with Crippen LogP contribution in [0.5, 0.6) is 17.2 Å². The molecule has 11 heteroatoms. The normalized spacial score (nSPS) is 11.8. The number of amides is 1. The first-order chi connectivity index (χ1) is 17.7. The number of hydrogen-bond donors (Lipinski definition) is 2. The molecular formula is C27H30F3N3O5. The number of carbonyl (C=O) groups excluding carboxylic acids is 2. The number of aromatic nitrogens is 2. The molecule has 3 aromatic rings. The van der Waals surface area contributed by atoms with Crippen molar-refractivity contribution < 1.29 is 37.3 Å². The van der Waals surface area contributed by atoms with Gasteiger partial charge in [-0.25, -0.2) is 4.98 Å². The van der Waals surface area contributed by atoms with Gasteiger partial charge in [0.15, 0.2) is 5.78 Å². The molecule has 0 aliphatic heterocycles. The molecule has 0 saturated carbocycles. The van der Waals surface area contributed by atoms with E-state index in [1.807, 2.05) is 0 Å². The summed E-state index contributed by atoms with van der Waals surface area (Å²) in [6, 6.07) is 7.09. The summed E-state index contributed by atoms with van der Waals surface area (Å²) in [6.07, 6.45) is -1.91. The summed E-state index contributed by atoms with van der Waals surface area (Å²) in [5.41, 5.74) is -0.905. The van der Waals surface area contributed by atoms with Gasteiger partial charge in [0.05, 0.1) is 19.0 Å². The van der Waals surface area contributed by atoms with Gasteiger partial charge >= 0.3 is 6.18 Å². The second-order valence-corrected chi connectivity index (χ2v) is 10.0. The smallest absolute Gasteiger partial charge is 0.423 e. The molecule has 0 fully saturated rings. The van der Waals surface area contributed by atoms with E-state index in [-0.39, 0.29) is 31.2 Å². The first-order valence-electron chi connectivity index (χ1n) is 11.7. The van der Waals surface area contributed by atoms with Gasteiger partial charge in [0.2, 0.25) is 0 Å². The Labute approximate surface area is 218 Å². The van der Waals surface area contributed by atoms with Crippen molar-refractivity contribution in [1.29, 1.82) is 0 Å². The molecule has 0 atom stereocenters. The van der Waals surface area contributed by atoms with Crippen LogP contribution in [0, 0.1) is 5.41 Å². The van der Waals surface area contributed by atoms with Crippen LogP contribution in [0.25, 0.3) is 0 Å². The molecule has 0 saturated heterocycles. The third kappa shape index (κ3) is 7.05. The Bertz CT molecular complexity index is 1330. The molecule has 1 aromatic heterocycles. The maximum Gasteiger partial charge on any atom is 0.423 e. The number of ether oxygens (including phenoxy) is 2. The predicted molar refractivity (Wildman–Crippen MR) is 133 cm³/mol. The maximum absolute atomic E-state index is 13.9. The van der Waals surface area contributed by atoms with Gasteiger partial charge < -0.3 is 24.5 Å². The number of nitrogens with one attached hydrogen (secondary N) is 1. The van der Waals surface area contributed by atoms with Crippen LogP contribution in [0.4, 0.5) is 13.2 Å². The van der Waals surface area contributed by atoms with Crippen LogP contribution in [0.3, 0.4) is 0 Å². The Morgan fingerprint density at radius 2 is 1.82 bits per heavy atom. The van der Waals surface area contributed by atoms with E-state index in [4.69, 9.17) is 9.47 Å². The molecule has 2 N–H and O–H groups in total. The SMILES string of the molecule is COc1cc(CNC(=O)c2cn(C)cn2)ccc1COc1ccc(C(=O)CC(C)(C)C)c(O)c1C(F)(F)F. The standard InChI is InChI=1S/C27H30F3N3O5/c1-26(2,3)11-20(34)18-8-9-21(23(24(18)35)27(28,29)30)38-14-17-7-6-16(10-22(17)37-5)12-31-25(36)19-13-33(4)15-32-19/h6-10,13,15,35H,11-12,14H2,1-5H3,(H,31,36). The van der Waals surface area contributed by atoms with Crippen LogP contribution in [0.2, 0.25) is 0 Å². The summed E-state index contributed by atoms with van der Waals surface area (Å²) in [6.45, 7) is 5.19. The minimum atomic E-state index is -4.96. The van der Waals surface area contributed by atoms with Crippen molar-refractivity contribution in [2.75, 3.05) is 7.11 Å². The number of alkyl halides is 3. The average molecular weight is 534 g/mol. The van der Waals surface area contributed by atoms with Crippen molar-refractivity contribution in [3.05, 3.63) is 70.8 Å². The fourth-order valence-corrected chi connectivity index (χ4v) is 3.75. The summed E-state index contributed by atoms with van der Waals surface area (Å²) < 4.78 is 54.1. The van der Waals surface area contributed by atoms with Crippen LogP contribution < -0.4 is 14.8 Å². The topological polar surface area (TPSA) is 103 Å². The first kappa shape index (κ1) is 28.5. The molecule has 0 aliphatic rings. The highest BCUT2D eigenvalue weighted by atomic mass is 19.4. The average Bonchev–Trinajstić information content (AvgIpc) is 3.25. The van der Waals surface area contributed by atoms with Crippen molar-refractivity contribution in [2.45, 2.75) is 46.5 Å². The number of benzene rings is 2. The quantitative estimate of drug-likeness (QED) is 0.363. The number of halogens is 3. The molecule has 204 valence electrons. The molecule has 2 aromatic carbocycles. The van der Waals surface area contributed by atoms with Gasteiger partial charge in [-0.05, 0) is 29.2 Å². The van der Waals surface area contributed by atoms with E-state index in [0.717, 1.165) is 12.1 Å². The van der Waals surface area contributed by atoms with E-state index < -0.39 is 40.0 Å². The van der Waals surface area contributed by atoms with Crippen molar-refractivity contribution in [3.63, 3.8) is 0 Å². The lowest BCUT2D eigenvalue weighted by atomic mass is 9.87. The number of phenols is 1. The van der Waals surface area contributed by atoms with Crippen LogP contribution in [0.15, 0.2) is 42.9 Å². The number of imidazole rings is 1. The number of aromatic hydroxyl groups is 1.